The van der Waals surface area contributed by atoms with Gasteiger partial charge in [0.15, 0.2) is 0 Å². The summed E-state index contributed by atoms with van der Waals surface area (Å²) in [5, 5.41) is 10.4. The van der Waals surface area contributed by atoms with Crippen molar-refractivity contribution in [1.82, 2.24) is 25.6 Å². The number of aromatic nitrogens is 3. The average Bonchev–Trinajstić information content (AvgIpc) is 2.89. The van der Waals surface area contributed by atoms with Crippen LogP contribution in [-0.2, 0) is 10.8 Å². The molecule has 5 N–H and O–H groups in total. The first-order valence-electron chi connectivity index (χ1n) is 12.2. The van der Waals surface area contributed by atoms with E-state index < -0.39 is 10.8 Å². The number of hydrogen-bond acceptors (Lipinski definition) is 8. The highest BCUT2D eigenvalue weighted by molar-refractivity contribution is 7.86. The highest BCUT2D eigenvalue weighted by Gasteiger charge is 2.26. The number of benzene rings is 1. The first kappa shape index (κ1) is 23.8. The van der Waals surface area contributed by atoms with Crippen LogP contribution >= 0.6 is 0 Å². The number of pyridine rings is 1. The minimum absolute atomic E-state index is 0.0944. The van der Waals surface area contributed by atoms with E-state index in [2.05, 4.69) is 30.9 Å². The van der Waals surface area contributed by atoms with Crippen LogP contribution in [0.4, 0.5) is 11.8 Å². The van der Waals surface area contributed by atoms with E-state index in [1.165, 1.54) is 0 Å². The number of hydrogen-bond donors (Lipinski definition) is 4. The molecule has 0 spiro atoms. The standard InChI is InChI=1S/C25H31N7O2S/c26-18-5-7-20(8-6-18)35(34)21-3-1-2-16-14-29-25(32-23(16)21)31-22-9-4-17(15-28-22)24(33)30-19-10-12-27-13-11-19/h1-4,9,14-15,18-20,27H,5-8,10-13,26H2,(H,30,33)(H,28,29,31,32). The lowest BCUT2D eigenvalue weighted by atomic mass is 9.96. The molecule has 5 rings (SSSR count). The van der Waals surface area contributed by atoms with Crippen molar-refractivity contribution in [1.29, 1.82) is 0 Å². The Kier molecular flexibility index (Phi) is 7.31. The lowest BCUT2D eigenvalue weighted by Crippen LogP contribution is -2.42. The van der Waals surface area contributed by atoms with Crippen molar-refractivity contribution in [3.63, 3.8) is 0 Å². The van der Waals surface area contributed by atoms with E-state index in [0.717, 1.165) is 61.9 Å². The summed E-state index contributed by atoms with van der Waals surface area (Å²) in [7, 11) is -1.16. The molecule has 9 nitrogen and oxygen atoms in total. The van der Waals surface area contributed by atoms with Crippen LogP contribution in [0, 0.1) is 0 Å². The van der Waals surface area contributed by atoms with Gasteiger partial charge in [-0.05, 0) is 69.8 Å². The number of carbonyl (C=O) groups is 1. The molecule has 3 heterocycles. The van der Waals surface area contributed by atoms with Crippen molar-refractivity contribution >= 4 is 39.4 Å². The zero-order valence-electron chi connectivity index (χ0n) is 19.6. The molecule has 0 bridgehead atoms. The van der Waals surface area contributed by atoms with Crippen LogP contribution in [0.5, 0.6) is 0 Å². The van der Waals surface area contributed by atoms with Crippen LogP contribution in [0.25, 0.3) is 10.9 Å². The fraction of sp³-hybridized carbons (Fsp3) is 0.440. The molecule has 1 saturated heterocycles. The Balaban J connectivity index is 1.30. The minimum atomic E-state index is -1.16. The van der Waals surface area contributed by atoms with Gasteiger partial charge in [-0.1, -0.05) is 12.1 Å². The van der Waals surface area contributed by atoms with Gasteiger partial charge in [0, 0.05) is 35.1 Å². The number of piperidine rings is 1. The Morgan fingerprint density at radius 1 is 1.00 bits per heavy atom. The number of fused-ring (bicyclic) bond motifs is 1. The van der Waals surface area contributed by atoms with Gasteiger partial charge in [0.25, 0.3) is 5.91 Å². The van der Waals surface area contributed by atoms with E-state index in [-0.39, 0.29) is 23.2 Å². The molecule has 1 unspecified atom stereocenters. The van der Waals surface area contributed by atoms with Crippen LogP contribution in [0.3, 0.4) is 0 Å². The van der Waals surface area contributed by atoms with Crippen LogP contribution in [0.2, 0.25) is 0 Å². The maximum absolute atomic E-state index is 13.4. The lowest BCUT2D eigenvalue weighted by molar-refractivity contribution is 0.0929. The van der Waals surface area contributed by atoms with E-state index >= 15 is 0 Å². The predicted molar refractivity (Wildman–Crippen MR) is 137 cm³/mol. The number of nitrogens with one attached hydrogen (secondary N) is 3. The summed E-state index contributed by atoms with van der Waals surface area (Å²) in [6.45, 7) is 1.84. The molecule has 10 heteroatoms. The summed E-state index contributed by atoms with van der Waals surface area (Å²) >= 11 is 0. The molecular weight excluding hydrogens is 462 g/mol. The van der Waals surface area contributed by atoms with Gasteiger partial charge >= 0.3 is 0 Å². The zero-order chi connectivity index (χ0) is 24.2. The second-order valence-corrected chi connectivity index (χ2v) is 11.0. The molecule has 184 valence electrons. The first-order chi connectivity index (χ1) is 17.1. The van der Waals surface area contributed by atoms with E-state index in [1.54, 1.807) is 24.5 Å². The maximum atomic E-state index is 13.4. The summed E-state index contributed by atoms with van der Waals surface area (Å²) in [6, 6.07) is 9.58. The Labute approximate surface area is 207 Å². The summed E-state index contributed by atoms with van der Waals surface area (Å²) in [4.78, 5) is 26.7. The zero-order valence-corrected chi connectivity index (χ0v) is 20.4. The van der Waals surface area contributed by atoms with Gasteiger partial charge < -0.3 is 21.7 Å². The molecule has 1 atom stereocenters. The Morgan fingerprint density at radius 3 is 2.54 bits per heavy atom. The van der Waals surface area contributed by atoms with Crippen LogP contribution in [0.1, 0.15) is 48.9 Å². The van der Waals surface area contributed by atoms with Crippen LogP contribution in [-0.4, -0.2) is 55.5 Å². The second-order valence-electron chi connectivity index (χ2n) is 9.28. The molecule has 1 aliphatic carbocycles. The van der Waals surface area contributed by atoms with Crippen molar-refractivity contribution in [2.45, 2.75) is 60.8 Å². The number of anilines is 2. The van der Waals surface area contributed by atoms with Crippen molar-refractivity contribution < 1.29 is 9.00 Å². The summed E-state index contributed by atoms with van der Waals surface area (Å²) < 4.78 is 13.4. The van der Waals surface area contributed by atoms with Crippen molar-refractivity contribution in [2.75, 3.05) is 18.4 Å². The van der Waals surface area contributed by atoms with E-state index in [9.17, 15) is 9.00 Å². The highest BCUT2D eigenvalue weighted by Crippen LogP contribution is 2.29. The summed E-state index contributed by atoms with van der Waals surface area (Å²) in [5.74, 6) is 0.781. The first-order valence-corrected chi connectivity index (χ1v) is 13.4. The molecule has 2 aliphatic rings. The number of nitrogens with two attached hydrogens (primary N) is 1. The lowest BCUT2D eigenvalue weighted by Gasteiger charge is -2.25. The van der Waals surface area contributed by atoms with E-state index in [1.807, 2.05) is 18.2 Å². The van der Waals surface area contributed by atoms with Gasteiger partial charge in [-0.3, -0.25) is 9.00 Å². The number of carbonyl (C=O) groups excluding carboxylic acids is 1. The molecule has 1 aliphatic heterocycles. The maximum Gasteiger partial charge on any atom is 0.253 e. The van der Waals surface area contributed by atoms with Crippen molar-refractivity contribution in [2.24, 2.45) is 5.73 Å². The minimum Gasteiger partial charge on any atom is -0.349 e. The smallest absolute Gasteiger partial charge is 0.253 e. The normalized spacial score (nSPS) is 22.0. The molecule has 2 aromatic heterocycles. The third-order valence-electron chi connectivity index (χ3n) is 6.75. The largest absolute Gasteiger partial charge is 0.349 e. The van der Waals surface area contributed by atoms with Crippen LogP contribution < -0.4 is 21.7 Å². The Hall–Kier alpha value is -2.95. The topological polar surface area (TPSA) is 135 Å². The Bertz CT molecular complexity index is 1210. The summed E-state index contributed by atoms with van der Waals surface area (Å²) in [6.07, 6.45) is 8.67. The van der Waals surface area contributed by atoms with Gasteiger partial charge in [-0.15, -0.1) is 0 Å². The number of nitrogens with zero attached hydrogens (tertiary/aromatic N) is 3. The monoisotopic (exact) mass is 493 g/mol. The molecule has 1 aromatic carbocycles. The molecule has 0 radical (unpaired) electrons. The predicted octanol–water partition coefficient (Wildman–Crippen LogP) is 2.63. The molecule has 2 fully saturated rings. The SMILES string of the molecule is NC1CCC(S(=O)c2cccc3cnc(Nc4ccc(C(=O)NC5CCNCC5)cn4)nc23)CC1. The fourth-order valence-corrected chi connectivity index (χ4v) is 6.31. The van der Waals surface area contributed by atoms with Gasteiger partial charge in [-0.2, -0.15) is 0 Å². The third kappa shape index (κ3) is 5.66. The molecule has 3 aromatic rings. The summed E-state index contributed by atoms with van der Waals surface area (Å²) in [5.41, 5.74) is 7.22. The fourth-order valence-electron chi connectivity index (χ4n) is 4.69. The molecule has 1 amide bonds. The Morgan fingerprint density at radius 2 is 1.80 bits per heavy atom. The number of rotatable bonds is 6. The second kappa shape index (κ2) is 10.8. The molecule has 1 saturated carbocycles. The highest BCUT2D eigenvalue weighted by atomic mass is 32.2. The van der Waals surface area contributed by atoms with Crippen molar-refractivity contribution in [3.8, 4) is 0 Å². The number of para-hydroxylation sites is 1. The van der Waals surface area contributed by atoms with Gasteiger partial charge in [0.05, 0.1) is 26.8 Å². The van der Waals surface area contributed by atoms with Crippen molar-refractivity contribution in [3.05, 3.63) is 48.3 Å². The van der Waals surface area contributed by atoms with E-state index in [0.29, 0.717) is 22.8 Å². The van der Waals surface area contributed by atoms with Gasteiger partial charge in [0.2, 0.25) is 5.95 Å². The third-order valence-corrected chi connectivity index (χ3v) is 8.59. The quantitative estimate of drug-likeness (QED) is 0.412. The molecular formula is C25H31N7O2S. The van der Waals surface area contributed by atoms with Gasteiger partial charge in [0.1, 0.15) is 5.82 Å². The molecule has 35 heavy (non-hydrogen) atoms. The van der Waals surface area contributed by atoms with E-state index in [4.69, 9.17) is 5.73 Å². The van der Waals surface area contributed by atoms with Gasteiger partial charge in [-0.25, -0.2) is 15.0 Å². The number of amides is 1. The average molecular weight is 494 g/mol. The van der Waals surface area contributed by atoms with Crippen LogP contribution in [0.15, 0.2) is 47.6 Å².